The van der Waals surface area contributed by atoms with Gasteiger partial charge in [-0.3, -0.25) is 9.59 Å². The summed E-state index contributed by atoms with van der Waals surface area (Å²) in [5.41, 5.74) is 0.572. The van der Waals surface area contributed by atoms with Crippen LogP contribution in [0.4, 0.5) is 0 Å². The van der Waals surface area contributed by atoms with Crippen LogP contribution in [0.3, 0.4) is 0 Å². The summed E-state index contributed by atoms with van der Waals surface area (Å²) in [4.78, 5) is 20.9. The normalized spacial score (nSPS) is 9.08. The van der Waals surface area contributed by atoms with Crippen molar-refractivity contribution < 1.29 is 14.0 Å². The highest BCUT2D eigenvalue weighted by molar-refractivity contribution is 6.02. The van der Waals surface area contributed by atoms with E-state index in [0.717, 1.165) is 0 Å². The zero-order chi connectivity index (χ0) is 8.97. The van der Waals surface area contributed by atoms with Crippen LogP contribution in [0.2, 0.25) is 0 Å². The van der Waals surface area contributed by atoms with Gasteiger partial charge in [0.25, 0.3) is 0 Å². The third kappa shape index (κ3) is 1.43. The topological polar surface area (TPSA) is 43.4 Å². The average molecular weight is 177 g/mol. The van der Waals surface area contributed by atoms with Gasteiger partial charge in [0.1, 0.15) is 5.75 Å². The Kier molecular flexibility index (Phi) is 2.76. The van der Waals surface area contributed by atoms with E-state index in [-0.39, 0.29) is 5.56 Å². The van der Waals surface area contributed by atoms with Crippen molar-refractivity contribution in [3.05, 3.63) is 29.3 Å². The maximum absolute atomic E-state index is 10.5. The van der Waals surface area contributed by atoms with Crippen molar-refractivity contribution in [1.82, 2.24) is 0 Å². The first kappa shape index (κ1) is 8.67. The summed E-state index contributed by atoms with van der Waals surface area (Å²) < 4.78 is 4.69. The first-order valence-corrected chi connectivity index (χ1v) is 3.61. The molecule has 3 radical (unpaired) electrons. The lowest BCUT2D eigenvalue weighted by Gasteiger charge is -2.03. The molecule has 4 heteroatoms. The van der Waals surface area contributed by atoms with E-state index < -0.39 is 0 Å². The maximum Gasteiger partial charge on any atom is 0.341 e. The molecule has 0 bridgehead atoms. The molecule has 0 amide bonds. The van der Waals surface area contributed by atoms with E-state index in [0.29, 0.717) is 23.9 Å². The Hall–Kier alpha value is -1.42. The second-order valence-electron chi connectivity index (χ2n) is 2.10. The van der Waals surface area contributed by atoms with Gasteiger partial charge < -0.3 is 4.43 Å². The van der Waals surface area contributed by atoms with E-state index in [1.807, 2.05) is 0 Å². The molecule has 0 aliphatic rings. The Bertz CT molecular complexity index is 309. The fourth-order valence-electron chi connectivity index (χ4n) is 0.879. The Morgan fingerprint density at radius 1 is 1.25 bits per heavy atom. The molecule has 0 atom stereocenters. The van der Waals surface area contributed by atoms with Crippen LogP contribution in [0, 0.1) is 0 Å². The number of carbonyl (C=O) groups is 2. The average Bonchev–Trinajstić information content (AvgIpc) is 2.16. The molecular weight excluding hydrogens is 172 g/mol. The van der Waals surface area contributed by atoms with E-state index in [1.54, 1.807) is 18.2 Å². The lowest BCUT2D eigenvalue weighted by molar-refractivity contribution is 0.109. The molecule has 12 heavy (non-hydrogen) atoms. The molecule has 3 nitrogen and oxygen atoms in total. The molecule has 0 aliphatic carbocycles. The predicted molar refractivity (Wildman–Crippen MR) is 43.6 cm³/mol. The van der Waals surface area contributed by atoms with Crippen molar-refractivity contribution in [3.63, 3.8) is 0 Å². The SMILES string of the molecule is O=Cc1cccc(O[Si])c1C=O. The lowest BCUT2D eigenvalue weighted by Crippen LogP contribution is -1.96. The van der Waals surface area contributed by atoms with Crippen LogP contribution in [-0.4, -0.2) is 23.1 Å². The molecular formula is C8H5O3Si. The van der Waals surface area contributed by atoms with E-state index in [9.17, 15) is 9.59 Å². The highest BCUT2D eigenvalue weighted by Gasteiger charge is 2.05. The monoisotopic (exact) mass is 177 g/mol. The van der Waals surface area contributed by atoms with Crippen LogP contribution < -0.4 is 4.43 Å². The van der Waals surface area contributed by atoms with Crippen molar-refractivity contribution in [2.24, 2.45) is 0 Å². The number of carbonyl (C=O) groups excluding carboxylic acids is 2. The smallest absolute Gasteiger partial charge is 0.341 e. The first-order chi connectivity index (χ1) is 5.83. The van der Waals surface area contributed by atoms with Gasteiger partial charge in [-0.15, -0.1) is 0 Å². The second-order valence-corrected chi connectivity index (χ2v) is 2.30. The first-order valence-electron chi connectivity index (χ1n) is 3.20. The molecule has 1 aromatic rings. The number of benzene rings is 1. The summed E-state index contributed by atoms with van der Waals surface area (Å²) in [6.45, 7) is 0. The largest absolute Gasteiger partial charge is 0.540 e. The Labute approximate surface area is 72.9 Å². The highest BCUT2D eigenvalue weighted by atomic mass is 28.2. The lowest BCUT2D eigenvalue weighted by atomic mass is 10.1. The van der Waals surface area contributed by atoms with E-state index in [1.165, 1.54) is 0 Å². The zero-order valence-corrected chi connectivity index (χ0v) is 7.11. The zero-order valence-electron chi connectivity index (χ0n) is 6.11. The molecule has 0 fully saturated rings. The van der Waals surface area contributed by atoms with Gasteiger partial charge >= 0.3 is 10.5 Å². The highest BCUT2D eigenvalue weighted by Crippen LogP contribution is 2.18. The fourth-order valence-corrected chi connectivity index (χ4v) is 1.06. The standard InChI is InChI=1S/C8H5O3Si/c9-4-6-2-1-3-8(11-12)7(6)5-10/h1-5H. The summed E-state index contributed by atoms with van der Waals surface area (Å²) in [5.74, 6) is 0.339. The summed E-state index contributed by atoms with van der Waals surface area (Å²) in [6.07, 6.45) is 1.19. The van der Waals surface area contributed by atoms with Crippen molar-refractivity contribution in [3.8, 4) is 5.75 Å². The predicted octanol–water partition coefficient (Wildman–Crippen LogP) is 0.774. The molecule has 1 aromatic carbocycles. The van der Waals surface area contributed by atoms with Gasteiger partial charge in [0, 0.05) is 5.56 Å². The third-order valence-corrected chi connectivity index (χ3v) is 1.67. The maximum atomic E-state index is 10.5. The molecule has 0 aromatic heterocycles. The van der Waals surface area contributed by atoms with Gasteiger partial charge in [-0.2, -0.15) is 0 Å². The van der Waals surface area contributed by atoms with E-state index >= 15 is 0 Å². The minimum Gasteiger partial charge on any atom is -0.540 e. The number of hydrogen-bond donors (Lipinski definition) is 0. The fraction of sp³-hybridized carbons (Fsp3) is 0. The van der Waals surface area contributed by atoms with Crippen molar-refractivity contribution in [2.45, 2.75) is 0 Å². The van der Waals surface area contributed by atoms with Crippen molar-refractivity contribution >= 4 is 23.1 Å². The van der Waals surface area contributed by atoms with Crippen LogP contribution >= 0.6 is 0 Å². The Morgan fingerprint density at radius 2 is 2.00 bits per heavy atom. The Morgan fingerprint density at radius 3 is 2.50 bits per heavy atom. The summed E-state index contributed by atoms with van der Waals surface area (Å²) in [5, 5.41) is 0. The van der Waals surface area contributed by atoms with E-state index in [4.69, 9.17) is 4.43 Å². The van der Waals surface area contributed by atoms with Gasteiger partial charge in [-0.1, -0.05) is 12.1 Å². The summed E-state index contributed by atoms with van der Waals surface area (Å²) in [6, 6.07) is 4.77. The molecule has 59 valence electrons. The number of rotatable bonds is 3. The van der Waals surface area contributed by atoms with Gasteiger partial charge in [0.2, 0.25) is 0 Å². The van der Waals surface area contributed by atoms with Crippen LogP contribution in [0.15, 0.2) is 18.2 Å². The summed E-state index contributed by atoms with van der Waals surface area (Å²) >= 11 is 0. The third-order valence-electron chi connectivity index (χ3n) is 1.45. The van der Waals surface area contributed by atoms with Gasteiger partial charge in [0.05, 0.1) is 5.56 Å². The van der Waals surface area contributed by atoms with Crippen LogP contribution in [0.5, 0.6) is 5.75 Å². The Balaban J connectivity index is 3.31. The van der Waals surface area contributed by atoms with Crippen molar-refractivity contribution in [1.29, 1.82) is 0 Å². The van der Waals surface area contributed by atoms with E-state index in [2.05, 4.69) is 10.5 Å². The molecule has 0 spiro atoms. The summed E-state index contributed by atoms with van der Waals surface area (Å²) in [7, 11) is 2.79. The van der Waals surface area contributed by atoms with Crippen LogP contribution in [-0.2, 0) is 0 Å². The van der Waals surface area contributed by atoms with Gasteiger partial charge in [0.15, 0.2) is 12.6 Å². The molecule has 0 aliphatic heterocycles. The second kappa shape index (κ2) is 3.82. The quantitative estimate of drug-likeness (QED) is 0.506. The molecule has 0 unspecified atom stereocenters. The van der Waals surface area contributed by atoms with Gasteiger partial charge in [-0.05, 0) is 6.07 Å². The van der Waals surface area contributed by atoms with Crippen molar-refractivity contribution in [2.75, 3.05) is 0 Å². The minimum atomic E-state index is 0.252. The molecule has 0 saturated carbocycles. The van der Waals surface area contributed by atoms with Gasteiger partial charge in [-0.25, -0.2) is 0 Å². The molecule has 0 N–H and O–H groups in total. The number of aldehydes is 2. The molecule has 1 rings (SSSR count). The minimum absolute atomic E-state index is 0.252. The molecule has 0 saturated heterocycles. The molecule has 0 heterocycles. The van der Waals surface area contributed by atoms with Crippen LogP contribution in [0.1, 0.15) is 20.7 Å². The number of hydrogen-bond acceptors (Lipinski definition) is 3. The van der Waals surface area contributed by atoms with Crippen LogP contribution in [0.25, 0.3) is 0 Å².